The first-order valence-electron chi connectivity index (χ1n) is 12.3. The maximum atomic E-state index is 13.9. The van der Waals surface area contributed by atoms with E-state index in [1.165, 1.54) is 0 Å². The van der Waals surface area contributed by atoms with Crippen LogP contribution in [0.2, 0.25) is 0 Å². The SMILES string of the molecule is CC(C)C[C@@H](C(=O)NC1C(=O)N(C)c2ccccc2-c2ccccc21)C1(C(N)=O)CCCCC1. The van der Waals surface area contributed by atoms with Gasteiger partial charge in [0.1, 0.15) is 6.04 Å². The predicted octanol–water partition coefficient (Wildman–Crippen LogP) is 4.59. The number of para-hydroxylation sites is 1. The highest BCUT2D eigenvalue weighted by Crippen LogP contribution is 2.46. The van der Waals surface area contributed by atoms with Gasteiger partial charge in [0.05, 0.1) is 17.0 Å². The standard InChI is InChI=1S/C28H35N3O3/c1-18(2)17-22(28(27(29)34)15-9-4-10-16-28)25(32)30-24-21-13-6-5-11-19(21)20-12-7-8-14-23(20)31(3)26(24)33/h5-8,11-14,18,22,24H,4,9-10,15-17H2,1-3H3,(H2,29,34)(H,30,32)/t22-,24?/m0/s1. The van der Waals surface area contributed by atoms with Crippen molar-refractivity contribution < 1.29 is 14.4 Å². The van der Waals surface area contributed by atoms with Gasteiger partial charge in [-0.25, -0.2) is 0 Å². The average molecular weight is 462 g/mol. The number of nitrogens with two attached hydrogens (primary N) is 1. The minimum Gasteiger partial charge on any atom is -0.369 e. The third-order valence-electron chi connectivity index (χ3n) is 7.62. The number of hydrogen-bond donors (Lipinski definition) is 2. The van der Waals surface area contributed by atoms with Gasteiger partial charge in [-0.05, 0) is 42.4 Å². The Balaban J connectivity index is 1.74. The molecule has 2 aliphatic rings. The van der Waals surface area contributed by atoms with Crippen molar-refractivity contribution in [3.8, 4) is 11.1 Å². The van der Waals surface area contributed by atoms with Crippen LogP contribution >= 0.6 is 0 Å². The highest BCUT2D eigenvalue weighted by molar-refractivity contribution is 6.06. The molecular weight excluding hydrogens is 426 g/mol. The van der Waals surface area contributed by atoms with Gasteiger partial charge in [0, 0.05) is 12.6 Å². The molecule has 6 nitrogen and oxygen atoms in total. The van der Waals surface area contributed by atoms with Crippen molar-refractivity contribution in [3.05, 3.63) is 54.1 Å². The molecule has 0 bridgehead atoms. The summed E-state index contributed by atoms with van der Waals surface area (Å²) in [7, 11) is 1.74. The van der Waals surface area contributed by atoms with Gasteiger partial charge in [-0.2, -0.15) is 0 Å². The molecule has 0 aromatic heterocycles. The number of nitrogens with one attached hydrogen (secondary N) is 1. The van der Waals surface area contributed by atoms with Crippen molar-refractivity contribution in [1.29, 1.82) is 0 Å². The molecule has 3 N–H and O–H groups in total. The lowest BCUT2D eigenvalue weighted by atomic mass is 9.63. The van der Waals surface area contributed by atoms with E-state index in [0.717, 1.165) is 41.6 Å². The second-order valence-corrected chi connectivity index (χ2v) is 10.2. The second kappa shape index (κ2) is 9.61. The maximum Gasteiger partial charge on any atom is 0.253 e. The van der Waals surface area contributed by atoms with E-state index in [1.807, 2.05) is 62.4 Å². The number of hydrogen-bond acceptors (Lipinski definition) is 3. The van der Waals surface area contributed by atoms with E-state index >= 15 is 0 Å². The molecule has 2 atom stereocenters. The largest absolute Gasteiger partial charge is 0.369 e. The maximum absolute atomic E-state index is 13.9. The summed E-state index contributed by atoms with van der Waals surface area (Å²) in [4.78, 5) is 42.0. The van der Waals surface area contributed by atoms with Crippen molar-refractivity contribution >= 4 is 23.4 Å². The molecule has 2 aromatic rings. The third-order valence-corrected chi connectivity index (χ3v) is 7.62. The highest BCUT2D eigenvalue weighted by atomic mass is 16.2. The van der Waals surface area contributed by atoms with Gasteiger partial charge in [-0.15, -0.1) is 0 Å². The third kappa shape index (κ3) is 4.22. The van der Waals surface area contributed by atoms with Crippen molar-refractivity contribution in [2.75, 3.05) is 11.9 Å². The van der Waals surface area contributed by atoms with Gasteiger partial charge < -0.3 is 16.0 Å². The molecule has 1 unspecified atom stereocenters. The number of carbonyl (C=O) groups excluding carboxylic acids is 3. The Hall–Kier alpha value is -3.15. The van der Waals surface area contributed by atoms with E-state index < -0.39 is 23.3 Å². The number of nitrogens with zero attached hydrogens (tertiary/aromatic N) is 1. The normalized spacial score (nSPS) is 20.2. The average Bonchev–Trinajstić information content (AvgIpc) is 2.92. The Morgan fingerprint density at radius 3 is 2.29 bits per heavy atom. The number of amides is 3. The molecule has 4 rings (SSSR count). The fraction of sp³-hybridized carbons (Fsp3) is 0.464. The lowest BCUT2D eigenvalue weighted by molar-refractivity contribution is -0.144. The Labute approximate surface area is 201 Å². The van der Waals surface area contributed by atoms with Crippen molar-refractivity contribution in [2.24, 2.45) is 23.0 Å². The van der Waals surface area contributed by atoms with E-state index in [-0.39, 0.29) is 17.7 Å². The number of benzene rings is 2. The molecule has 3 amide bonds. The number of carbonyl (C=O) groups is 3. The molecule has 1 fully saturated rings. The lowest BCUT2D eigenvalue weighted by Gasteiger charge is -2.41. The first-order valence-corrected chi connectivity index (χ1v) is 12.3. The van der Waals surface area contributed by atoms with Gasteiger partial charge >= 0.3 is 0 Å². The summed E-state index contributed by atoms with van der Waals surface area (Å²) in [6.07, 6.45) is 4.60. The van der Waals surface area contributed by atoms with Gasteiger partial charge in [0.2, 0.25) is 11.8 Å². The molecule has 0 spiro atoms. The zero-order chi connectivity index (χ0) is 24.5. The Morgan fingerprint density at radius 2 is 1.65 bits per heavy atom. The van der Waals surface area contributed by atoms with E-state index in [0.29, 0.717) is 19.3 Å². The predicted molar refractivity (Wildman–Crippen MR) is 134 cm³/mol. The zero-order valence-corrected chi connectivity index (χ0v) is 20.3. The number of anilines is 1. The molecule has 1 aliphatic carbocycles. The summed E-state index contributed by atoms with van der Waals surface area (Å²) in [6.45, 7) is 4.10. The molecule has 1 heterocycles. The highest BCUT2D eigenvalue weighted by Gasteiger charge is 2.49. The minimum absolute atomic E-state index is 0.203. The van der Waals surface area contributed by atoms with E-state index in [2.05, 4.69) is 5.32 Å². The van der Waals surface area contributed by atoms with Crippen LogP contribution in [0, 0.1) is 17.3 Å². The van der Waals surface area contributed by atoms with Crippen LogP contribution < -0.4 is 16.0 Å². The molecule has 34 heavy (non-hydrogen) atoms. The molecule has 0 saturated heterocycles. The minimum atomic E-state index is -0.866. The molecule has 1 saturated carbocycles. The van der Waals surface area contributed by atoms with E-state index in [4.69, 9.17) is 5.73 Å². The molecular formula is C28H35N3O3. The number of fused-ring (bicyclic) bond motifs is 3. The van der Waals surface area contributed by atoms with Crippen molar-refractivity contribution in [1.82, 2.24) is 5.32 Å². The Kier molecular flexibility index (Phi) is 6.78. The van der Waals surface area contributed by atoms with Crippen LogP contribution in [-0.2, 0) is 14.4 Å². The fourth-order valence-corrected chi connectivity index (χ4v) is 5.82. The topological polar surface area (TPSA) is 92.5 Å². The van der Waals surface area contributed by atoms with E-state index in [1.54, 1.807) is 11.9 Å². The van der Waals surface area contributed by atoms with Crippen LogP contribution in [0.25, 0.3) is 11.1 Å². The first-order chi connectivity index (χ1) is 16.3. The summed E-state index contributed by atoms with van der Waals surface area (Å²) >= 11 is 0. The molecule has 2 aromatic carbocycles. The Morgan fingerprint density at radius 1 is 1.03 bits per heavy atom. The molecule has 180 valence electrons. The van der Waals surface area contributed by atoms with E-state index in [9.17, 15) is 14.4 Å². The van der Waals surface area contributed by atoms with Crippen LogP contribution in [0.3, 0.4) is 0 Å². The number of primary amides is 1. The summed E-state index contributed by atoms with van der Waals surface area (Å²) in [5.74, 6) is -1.23. The van der Waals surface area contributed by atoms with Crippen LogP contribution in [0.4, 0.5) is 5.69 Å². The van der Waals surface area contributed by atoms with Crippen LogP contribution in [0.5, 0.6) is 0 Å². The Bertz CT molecular complexity index is 1090. The van der Waals surface area contributed by atoms with Crippen molar-refractivity contribution in [3.63, 3.8) is 0 Å². The zero-order valence-electron chi connectivity index (χ0n) is 20.3. The molecule has 6 heteroatoms. The molecule has 1 aliphatic heterocycles. The number of likely N-dealkylation sites (N-methyl/N-ethyl adjacent to an activating group) is 1. The van der Waals surface area contributed by atoms with Crippen LogP contribution in [0.1, 0.15) is 64.0 Å². The van der Waals surface area contributed by atoms with Gasteiger partial charge in [-0.3, -0.25) is 14.4 Å². The smallest absolute Gasteiger partial charge is 0.253 e. The van der Waals surface area contributed by atoms with Gasteiger partial charge in [0.15, 0.2) is 0 Å². The summed E-state index contributed by atoms with van der Waals surface area (Å²) < 4.78 is 0. The lowest BCUT2D eigenvalue weighted by Crippen LogP contribution is -2.52. The number of rotatable bonds is 6. The first kappa shape index (κ1) is 24.0. The van der Waals surface area contributed by atoms with Gasteiger partial charge in [-0.1, -0.05) is 75.6 Å². The fourth-order valence-electron chi connectivity index (χ4n) is 5.82. The summed E-state index contributed by atoms with van der Waals surface area (Å²) in [5, 5.41) is 3.07. The van der Waals surface area contributed by atoms with Crippen LogP contribution in [0.15, 0.2) is 48.5 Å². The molecule has 0 radical (unpaired) electrons. The second-order valence-electron chi connectivity index (χ2n) is 10.2. The van der Waals surface area contributed by atoms with Crippen LogP contribution in [-0.4, -0.2) is 24.8 Å². The summed E-state index contributed by atoms with van der Waals surface area (Å²) in [5.41, 5.74) is 8.53. The van der Waals surface area contributed by atoms with Gasteiger partial charge in [0.25, 0.3) is 5.91 Å². The monoisotopic (exact) mass is 461 g/mol. The van der Waals surface area contributed by atoms with Crippen molar-refractivity contribution in [2.45, 2.75) is 58.4 Å². The quantitative estimate of drug-likeness (QED) is 0.659. The summed E-state index contributed by atoms with van der Waals surface area (Å²) in [6, 6.07) is 14.6.